The van der Waals surface area contributed by atoms with Crippen LogP contribution < -0.4 is 0 Å². The molecule has 2 heterocycles. The van der Waals surface area contributed by atoms with E-state index >= 15 is 0 Å². The van der Waals surface area contributed by atoms with E-state index < -0.39 is 11.9 Å². The van der Waals surface area contributed by atoms with Crippen LogP contribution in [0.5, 0.6) is 0 Å². The van der Waals surface area contributed by atoms with Crippen LogP contribution in [0, 0.1) is 31.6 Å². The summed E-state index contributed by atoms with van der Waals surface area (Å²) < 4.78 is 7.24. The number of ketones is 1. The summed E-state index contributed by atoms with van der Waals surface area (Å²) in [5, 5.41) is 0. The largest absolute Gasteiger partial charge is 0.457 e. The van der Waals surface area contributed by atoms with E-state index in [0.29, 0.717) is 23.9 Å². The summed E-state index contributed by atoms with van der Waals surface area (Å²) in [5.74, 6) is -0.0420. The van der Waals surface area contributed by atoms with E-state index in [1.807, 2.05) is 36.4 Å². The fourth-order valence-corrected chi connectivity index (χ4v) is 4.67. The standard InChI is InChI=1S/C22H32N2O4/c1-13-7-6-8-19(15(13)3)24-11-17(10-21(24)26)22(27)28-12-20(25)18-9-14(2)23(5)16(18)4/h9,13,15,17,19H,6-8,10-12H2,1-5H3/t13-,15-,17+,19-/m0/s1. The molecule has 4 atom stereocenters. The van der Waals surface area contributed by atoms with Gasteiger partial charge in [0.15, 0.2) is 6.61 Å². The van der Waals surface area contributed by atoms with Gasteiger partial charge in [0, 0.05) is 43.0 Å². The van der Waals surface area contributed by atoms with Gasteiger partial charge in [-0.05, 0) is 38.2 Å². The van der Waals surface area contributed by atoms with Gasteiger partial charge in [0.05, 0.1) is 5.92 Å². The minimum absolute atomic E-state index is 0.0359. The van der Waals surface area contributed by atoms with Gasteiger partial charge in [0.25, 0.3) is 0 Å². The predicted octanol–water partition coefficient (Wildman–Crippen LogP) is 3.04. The van der Waals surface area contributed by atoms with Crippen LogP contribution in [0.1, 0.15) is 61.3 Å². The number of nitrogens with zero attached hydrogens (tertiary/aromatic N) is 2. The van der Waals surface area contributed by atoms with Crippen molar-refractivity contribution in [3.8, 4) is 0 Å². The Hall–Kier alpha value is -2.11. The molecule has 1 saturated heterocycles. The van der Waals surface area contributed by atoms with Gasteiger partial charge in [-0.3, -0.25) is 14.4 Å². The average Bonchev–Trinajstić information content (AvgIpc) is 3.17. The number of aryl methyl sites for hydroxylation is 1. The van der Waals surface area contributed by atoms with Crippen LogP contribution in [0.4, 0.5) is 0 Å². The van der Waals surface area contributed by atoms with E-state index in [2.05, 4.69) is 13.8 Å². The molecule has 0 radical (unpaired) electrons. The minimum atomic E-state index is -0.469. The summed E-state index contributed by atoms with van der Waals surface area (Å²) in [7, 11) is 1.90. The van der Waals surface area contributed by atoms with Gasteiger partial charge in [-0.25, -0.2) is 0 Å². The van der Waals surface area contributed by atoms with Crippen LogP contribution in [0.2, 0.25) is 0 Å². The van der Waals surface area contributed by atoms with E-state index in [1.165, 1.54) is 6.42 Å². The molecule has 0 aromatic carbocycles. The van der Waals surface area contributed by atoms with Crippen molar-refractivity contribution in [2.24, 2.45) is 24.8 Å². The lowest BCUT2D eigenvalue weighted by Gasteiger charge is -2.39. The number of Topliss-reactive ketones (excluding diaryl/α,β-unsaturated/α-hetero) is 1. The number of likely N-dealkylation sites (tertiary alicyclic amines) is 1. The number of hydrogen-bond donors (Lipinski definition) is 0. The molecule has 1 saturated carbocycles. The van der Waals surface area contributed by atoms with Crippen molar-refractivity contribution in [2.45, 2.75) is 59.4 Å². The molecule has 0 unspecified atom stereocenters. The molecule has 6 heteroatoms. The van der Waals surface area contributed by atoms with Crippen molar-refractivity contribution in [3.05, 3.63) is 23.0 Å². The molecule has 1 aliphatic heterocycles. The second-order valence-corrected chi connectivity index (χ2v) is 8.66. The molecule has 2 aliphatic rings. The van der Waals surface area contributed by atoms with E-state index in [4.69, 9.17) is 4.74 Å². The van der Waals surface area contributed by atoms with Crippen LogP contribution in [0.25, 0.3) is 0 Å². The van der Waals surface area contributed by atoms with Gasteiger partial charge >= 0.3 is 5.97 Å². The van der Waals surface area contributed by atoms with Crippen molar-refractivity contribution < 1.29 is 19.1 Å². The molecule has 0 spiro atoms. The lowest BCUT2D eigenvalue weighted by Crippen LogP contribution is -2.45. The van der Waals surface area contributed by atoms with Crippen LogP contribution in [-0.2, 0) is 21.4 Å². The van der Waals surface area contributed by atoms with Crippen molar-refractivity contribution >= 4 is 17.7 Å². The Labute approximate surface area is 167 Å². The average molecular weight is 389 g/mol. The zero-order valence-electron chi connectivity index (χ0n) is 17.7. The fraction of sp³-hybridized carbons (Fsp3) is 0.682. The SMILES string of the molecule is Cc1cc(C(=O)COC(=O)[C@@H]2CC(=O)N([C@H]3CCC[C@H](C)[C@@H]3C)C2)c(C)n1C. The lowest BCUT2D eigenvalue weighted by molar-refractivity contribution is -0.147. The summed E-state index contributed by atoms with van der Waals surface area (Å²) in [6, 6.07) is 2.03. The van der Waals surface area contributed by atoms with Gasteiger partial charge in [-0.2, -0.15) is 0 Å². The first kappa shape index (κ1) is 20.6. The molecule has 0 N–H and O–H groups in total. The van der Waals surface area contributed by atoms with E-state index in [9.17, 15) is 14.4 Å². The third-order valence-electron chi connectivity index (χ3n) is 6.98. The highest BCUT2D eigenvalue weighted by Crippen LogP contribution is 2.35. The summed E-state index contributed by atoms with van der Waals surface area (Å²) in [4.78, 5) is 39.4. The maximum atomic E-state index is 12.5. The number of carbonyl (C=O) groups excluding carboxylic acids is 3. The second kappa shape index (κ2) is 8.10. The Morgan fingerprint density at radius 2 is 1.93 bits per heavy atom. The second-order valence-electron chi connectivity index (χ2n) is 8.66. The molecule has 1 amide bonds. The summed E-state index contributed by atoms with van der Waals surface area (Å²) in [5.41, 5.74) is 2.43. The van der Waals surface area contributed by atoms with E-state index in [0.717, 1.165) is 24.2 Å². The summed E-state index contributed by atoms with van der Waals surface area (Å²) >= 11 is 0. The third kappa shape index (κ3) is 3.87. The Kier molecular flexibility index (Phi) is 5.96. The Morgan fingerprint density at radius 1 is 1.21 bits per heavy atom. The maximum absolute atomic E-state index is 12.5. The van der Waals surface area contributed by atoms with Gasteiger partial charge < -0.3 is 14.2 Å². The quantitative estimate of drug-likeness (QED) is 0.574. The highest BCUT2D eigenvalue weighted by atomic mass is 16.5. The molecule has 2 fully saturated rings. The van der Waals surface area contributed by atoms with Crippen molar-refractivity contribution in [1.29, 1.82) is 0 Å². The highest BCUT2D eigenvalue weighted by molar-refractivity contribution is 5.99. The molecule has 154 valence electrons. The summed E-state index contributed by atoms with van der Waals surface area (Å²) in [6.45, 7) is 8.39. The van der Waals surface area contributed by atoms with Crippen molar-refractivity contribution in [3.63, 3.8) is 0 Å². The molecular weight excluding hydrogens is 356 g/mol. The number of aromatic nitrogens is 1. The van der Waals surface area contributed by atoms with Gasteiger partial charge in [-0.15, -0.1) is 0 Å². The Morgan fingerprint density at radius 3 is 2.57 bits per heavy atom. The Balaban J connectivity index is 1.57. The molecule has 28 heavy (non-hydrogen) atoms. The number of hydrogen-bond acceptors (Lipinski definition) is 4. The normalized spacial score (nSPS) is 27.9. The molecule has 6 nitrogen and oxygen atoms in total. The number of amides is 1. The Bertz CT molecular complexity index is 782. The van der Waals surface area contributed by atoms with Crippen LogP contribution in [0.3, 0.4) is 0 Å². The van der Waals surface area contributed by atoms with Crippen molar-refractivity contribution in [2.75, 3.05) is 13.2 Å². The van der Waals surface area contributed by atoms with Crippen LogP contribution >= 0.6 is 0 Å². The van der Waals surface area contributed by atoms with Crippen molar-refractivity contribution in [1.82, 2.24) is 9.47 Å². The fourth-order valence-electron chi connectivity index (χ4n) is 4.67. The zero-order valence-corrected chi connectivity index (χ0v) is 17.7. The first-order chi connectivity index (χ1) is 13.2. The van der Waals surface area contributed by atoms with Gasteiger partial charge in [0.2, 0.25) is 11.7 Å². The number of ether oxygens (including phenoxy) is 1. The number of carbonyl (C=O) groups is 3. The number of rotatable bonds is 5. The van der Waals surface area contributed by atoms with Crippen LogP contribution in [-0.4, -0.2) is 46.3 Å². The molecule has 1 aromatic heterocycles. The third-order valence-corrected chi connectivity index (χ3v) is 6.98. The van der Waals surface area contributed by atoms with Gasteiger partial charge in [0.1, 0.15) is 0 Å². The molecule has 1 aromatic rings. The maximum Gasteiger partial charge on any atom is 0.311 e. The molecule has 0 bridgehead atoms. The first-order valence-electron chi connectivity index (χ1n) is 10.3. The summed E-state index contributed by atoms with van der Waals surface area (Å²) in [6.07, 6.45) is 3.52. The van der Waals surface area contributed by atoms with E-state index in [1.54, 1.807) is 0 Å². The van der Waals surface area contributed by atoms with E-state index in [-0.39, 0.29) is 30.8 Å². The topological polar surface area (TPSA) is 68.6 Å². The molecule has 3 rings (SSSR count). The highest BCUT2D eigenvalue weighted by Gasteiger charge is 2.42. The lowest BCUT2D eigenvalue weighted by atomic mass is 9.77. The monoisotopic (exact) mass is 388 g/mol. The zero-order chi connectivity index (χ0) is 20.6. The van der Waals surface area contributed by atoms with Gasteiger partial charge in [-0.1, -0.05) is 26.7 Å². The molecular formula is C22H32N2O4. The minimum Gasteiger partial charge on any atom is -0.457 e. The van der Waals surface area contributed by atoms with Crippen LogP contribution in [0.15, 0.2) is 6.07 Å². The smallest absolute Gasteiger partial charge is 0.311 e. The molecule has 1 aliphatic carbocycles. The first-order valence-corrected chi connectivity index (χ1v) is 10.3. The predicted molar refractivity (Wildman–Crippen MR) is 106 cm³/mol. The number of esters is 1.